The normalized spacial score (nSPS) is 13.3. The number of rotatable bonds is 1. The Morgan fingerprint density at radius 2 is 1.75 bits per heavy atom. The standard InChI is InChI=1S/C17H11NO2/c1-3-12-5-4-6-13(10-12)18-16(19)14-8-7-11(2)9-15(14)17(18)20/h1,4-10H,2H3. The van der Waals surface area contributed by atoms with Crippen molar-refractivity contribution in [1.29, 1.82) is 0 Å². The van der Waals surface area contributed by atoms with Crippen molar-refractivity contribution in [3.63, 3.8) is 0 Å². The van der Waals surface area contributed by atoms with Crippen molar-refractivity contribution < 1.29 is 9.59 Å². The van der Waals surface area contributed by atoms with Crippen LogP contribution in [-0.2, 0) is 0 Å². The molecule has 0 aliphatic carbocycles. The van der Waals surface area contributed by atoms with Crippen LogP contribution in [0.2, 0.25) is 0 Å². The van der Waals surface area contributed by atoms with Gasteiger partial charge in [0.25, 0.3) is 11.8 Å². The summed E-state index contributed by atoms with van der Waals surface area (Å²) in [5.74, 6) is 1.89. The van der Waals surface area contributed by atoms with E-state index in [1.165, 1.54) is 4.90 Å². The summed E-state index contributed by atoms with van der Waals surface area (Å²) in [5, 5.41) is 0. The van der Waals surface area contributed by atoms with Gasteiger partial charge in [-0.05, 0) is 37.3 Å². The largest absolute Gasteiger partial charge is 0.268 e. The van der Waals surface area contributed by atoms with Crippen molar-refractivity contribution in [2.45, 2.75) is 6.92 Å². The molecule has 1 aliphatic heterocycles. The third-order valence-electron chi connectivity index (χ3n) is 3.31. The summed E-state index contributed by atoms with van der Waals surface area (Å²) in [6.07, 6.45) is 5.35. The van der Waals surface area contributed by atoms with Gasteiger partial charge in [-0.15, -0.1) is 6.42 Å². The molecule has 3 rings (SSSR count). The third-order valence-corrected chi connectivity index (χ3v) is 3.31. The van der Waals surface area contributed by atoms with Crippen LogP contribution in [0.3, 0.4) is 0 Å². The Balaban J connectivity index is 2.12. The minimum atomic E-state index is -0.306. The van der Waals surface area contributed by atoms with Gasteiger partial charge in [-0.3, -0.25) is 9.59 Å². The highest BCUT2D eigenvalue weighted by Gasteiger charge is 2.36. The minimum absolute atomic E-state index is 0.303. The highest BCUT2D eigenvalue weighted by Crippen LogP contribution is 2.29. The first kappa shape index (κ1) is 12.2. The van der Waals surface area contributed by atoms with Gasteiger partial charge in [0.15, 0.2) is 0 Å². The van der Waals surface area contributed by atoms with Gasteiger partial charge in [-0.1, -0.05) is 23.6 Å². The fraction of sp³-hybridized carbons (Fsp3) is 0.0588. The third kappa shape index (κ3) is 1.70. The van der Waals surface area contributed by atoms with Gasteiger partial charge in [0, 0.05) is 5.56 Å². The molecule has 0 saturated heterocycles. The van der Waals surface area contributed by atoms with E-state index in [1.54, 1.807) is 36.4 Å². The number of terminal acetylenes is 1. The average Bonchev–Trinajstić information content (AvgIpc) is 2.70. The number of aryl methyl sites for hydroxylation is 1. The number of fused-ring (bicyclic) bond motifs is 1. The van der Waals surface area contributed by atoms with Crippen molar-refractivity contribution in [2.24, 2.45) is 0 Å². The minimum Gasteiger partial charge on any atom is -0.268 e. The molecule has 3 nitrogen and oxygen atoms in total. The highest BCUT2D eigenvalue weighted by atomic mass is 16.2. The zero-order valence-electron chi connectivity index (χ0n) is 10.9. The van der Waals surface area contributed by atoms with Crippen LogP contribution in [0.15, 0.2) is 42.5 Å². The number of benzene rings is 2. The molecular weight excluding hydrogens is 250 g/mol. The second kappa shape index (κ2) is 4.36. The molecule has 3 heteroatoms. The second-order valence-electron chi connectivity index (χ2n) is 4.69. The van der Waals surface area contributed by atoms with Crippen LogP contribution in [-0.4, -0.2) is 11.8 Å². The summed E-state index contributed by atoms with van der Waals surface area (Å²) >= 11 is 0. The van der Waals surface area contributed by atoms with Gasteiger partial charge in [0.2, 0.25) is 0 Å². The van der Waals surface area contributed by atoms with Gasteiger partial charge in [0.1, 0.15) is 0 Å². The molecule has 0 radical (unpaired) electrons. The van der Waals surface area contributed by atoms with Crippen LogP contribution in [0.5, 0.6) is 0 Å². The molecule has 1 heterocycles. The average molecular weight is 261 g/mol. The Morgan fingerprint density at radius 3 is 2.50 bits per heavy atom. The van der Waals surface area contributed by atoms with Crippen molar-refractivity contribution in [2.75, 3.05) is 4.90 Å². The molecule has 20 heavy (non-hydrogen) atoms. The van der Waals surface area contributed by atoms with E-state index in [9.17, 15) is 9.59 Å². The molecule has 0 atom stereocenters. The molecule has 96 valence electrons. The molecule has 2 aromatic rings. The summed E-state index contributed by atoms with van der Waals surface area (Å²) in [7, 11) is 0. The zero-order valence-corrected chi connectivity index (χ0v) is 10.9. The SMILES string of the molecule is C#Cc1cccc(N2C(=O)c3ccc(C)cc3C2=O)c1. The number of imide groups is 1. The summed E-state index contributed by atoms with van der Waals surface area (Å²) in [5.41, 5.74) is 2.97. The van der Waals surface area contributed by atoms with Gasteiger partial charge >= 0.3 is 0 Å². The number of anilines is 1. The van der Waals surface area contributed by atoms with Gasteiger partial charge in [-0.25, -0.2) is 4.90 Å². The smallest absolute Gasteiger partial charge is 0.266 e. The number of amides is 2. The van der Waals surface area contributed by atoms with Crippen molar-refractivity contribution in [3.8, 4) is 12.3 Å². The van der Waals surface area contributed by atoms with Crippen LogP contribution in [0.1, 0.15) is 31.8 Å². The number of nitrogens with zero attached hydrogens (tertiary/aromatic N) is 1. The second-order valence-corrected chi connectivity index (χ2v) is 4.69. The Kier molecular flexibility index (Phi) is 2.66. The predicted octanol–water partition coefficient (Wildman–Crippen LogP) is 2.78. The topological polar surface area (TPSA) is 37.4 Å². The quantitative estimate of drug-likeness (QED) is 0.584. The van der Waals surface area contributed by atoms with Gasteiger partial charge < -0.3 is 0 Å². The maximum Gasteiger partial charge on any atom is 0.266 e. The van der Waals surface area contributed by atoms with Gasteiger partial charge in [-0.2, -0.15) is 0 Å². The number of carbonyl (C=O) groups is 2. The molecule has 0 bridgehead atoms. The van der Waals surface area contributed by atoms with Crippen LogP contribution in [0.4, 0.5) is 5.69 Å². The molecule has 1 aliphatic rings. The van der Waals surface area contributed by atoms with E-state index in [4.69, 9.17) is 6.42 Å². The van der Waals surface area contributed by atoms with E-state index in [0.29, 0.717) is 22.4 Å². The van der Waals surface area contributed by atoms with Crippen LogP contribution < -0.4 is 4.90 Å². The van der Waals surface area contributed by atoms with E-state index >= 15 is 0 Å². The van der Waals surface area contributed by atoms with Crippen molar-refractivity contribution in [3.05, 3.63) is 64.7 Å². The first-order valence-electron chi connectivity index (χ1n) is 6.18. The van der Waals surface area contributed by atoms with E-state index in [2.05, 4.69) is 5.92 Å². The highest BCUT2D eigenvalue weighted by molar-refractivity contribution is 6.34. The summed E-state index contributed by atoms with van der Waals surface area (Å²) < 4.78 is 0. The van der Waals surface area contributed by atoms with Crippen LogP contribution in [0, 0.1) is 19.3 Å². The molecule has 2 amide bonds. The van der Waals surface area contributed by atoms with Crippen LogP contribution >= 0.6 is 0 Å². The monoisotopic (exact) mass is 261 g/mol. The number of hydrogen-bond acceptors (Lipinski definition) is 2. The molecule has 0 unspecified atom stereocenters. The van der Waals surface area contributed by atoms with Gasteiger partial charge in [0.05, 0.1) is 16.8 Å². The Morgan fingerprint density at radius 1 is 1.00 bits per heavy atom. The fourth-order valence-corrected chi connectivity index (χ4v) is 2.32. The fourth-order valence-electron chi connectivity index (χ4n) is 2.32. The first-order valence-corrected chi connectivity index (χ1v) is 6.18. The summed E-state index contributed by atoms with van der Waals surface area (Å²) in [6, 6.07) is 12.1. The molecule has 0 aromatic heterocycles. The molecule has 0 N–H and O–H groups in total. The molecule has 2 aromatic carbocycles. The zero-order chi connectivity index (χ0) is 14.3. The maximum atomic E-state index is 12.4. The Bertz CT molecular complexity index is 784. The van der Waals surface area contributed by atoms with E-state index in [1.807, 2.05) is 13.0 Å². The van der Waals surface area contributed by atoms with E-state index in [-0.39, 0.29) is 11.8 Å². The Labute approximate surface area is 116 Å². The summed E-state index contributed by atoms with van der Waals surface area (Å²) in [4.78, 5) is 26.0. The number of hydrogen-bond donors (Lipinski definition) is 0. The molecular formula is C17H11NO2. The molecule has 0 saturated carbocycles. The lowest BCUT2D eigenvalue weighted by Crippen LogP contribution is -2.29. The molecule has 0 fully saturated rings. The lowest BCUT2D eigenvalue weighted by atomic mass is 10.1. The number of carbonyl (C=O) groups excluding carboxylic acids is 2. The van der Waals surface area contributed by atoms with E-state index < -0.39 is 0 Å². The first-order chi connectivity index (χ1) is 9.61. The Hall–Kier alpha value is -2.86. The van der Waals surface area contributed by atoms with Crippen molar-refractivity contribution >= 4 is 17.5 Å². The summed E-state index contributed by atoms with van der Waals surface area (Å²) in [6.45, 7) is 1.89. The lowest BCUT2D eigenvalue weighted by Gasteiger charge is -2.13. The molecule has 0 spiro atoms. The van der Waals surface area contributed by atoms with Crippen LogP contribution in [0.25, 0.3) is 0 Å². The lowest BCUT2D eigenvalue weighted by molar-refractivity contribution is 0.0926. The maximum absolute atomic E-state index is 12.4. The van der Waals surface area contributed by atoms with Crippen molar-refractivity contribution in [1.82, 2.24) is 0 Å². The predicted molar refractivity (Wildman–Crippen MR) is 76.7 cm³/mol. The van der Waals surface area contributed by atoms with E-state index in [0.717, 1.165) is 5.56 Å².